The Balaban J connectivity index is 1.61. The van der Waals surface area contributed by atoms with Gasteiger partial charge in [0.1, 0.15) is 0 Å². The third-order valence-electron chi connectivity index (χ3n) is 4.55. The van der Waals surface area contributed by atoms with Crippen LogP contribution in [0, 0.1) is 0 Å². The van der Waals surface area contributed by atoms with Crippen molar-refractivity contribution >= 4 is 5.78 Å². The summed E-state index contributed by atoms with van der Waals surface area (Å²) >= 11 is 0. The minimum Gasteiger partial charge on any atom is -0.388 e. The van der Waals surface area contributed by atoms with Gasteiger partial charge in [0.15, 0.2) is 5.78 Å². The molecular formula is C20H23NO2. The lowest BCUT2D eigenvalue weighted by atomic mass is 9.89. The standard InChI is InChI=1S/C20H23NO2/c22-19(15-8-3-1-4-9-15)14-17-12-7-13-18(21-17)20(23)16-10-5-2-6-11-16/h1-6,8-11,17-19,21-22H,7,12-14H2/t17-,18-,19+/m1/s1. The number of Topliss-reactive ketones (excluding diaryl/α,β-unsaturated/α-hetero) is 1. The van der Waals surface area contributed by atoms with Crippen LogP contribution in [0.2, 0.25) is 0 Å². The van der Waals surface area contributed by atoms with Gasteiger partial charge in [-0.25, -0.2) is 0 Å². The second-order valence-corrected chi connectivity index (χ2v) is 6.24. The number of hydrogen-bond acceptors (Lipinski definition) is 3. The minimum absolute atomic E-state index is 0.140. The molecule has 0 amide bonds. The second kappa shape index (κ2) is 7.53. The first-order chi connectivity index (χ1) is 11.2. The molecule has 3 atom stereocenters. The second-order valence-electron chi connectivity index (χ2n) is 6.24. The molecule has 1 aliphatic rings. The van der Waals surface area contributed by atoms with Crippen molar-refractivity contribution in [1.29, 1.82) is 0 Å². The van der Waals surface area contributed by atoms with Crippen LogP contribution in [0.3, 0.4) is 0 Å². The van der Waals surface area contributed by atoms with Crippen LogP contribution in [0.5, 0.6) is 0 Å². The number of aliphatic hydroxyl groups is 1. The fourth-order valence-electron chi connectivity index (χ4n) is 3.30. The summed E-state index contributed by atoms with van der Waals surface area (Å²) in [5.41, 5.74) is 1.69. The molecule has 1 aliphatic heterocycles. The number of carbonyl (C=O) groups is 1. The van der Waals surface area contributed by atoms with Gasteiger partial charge in [-0.3, -0.25) is 4.79 Å². The Morgan fingerprint density at radius 3 is 2.39 bits per heavy atom. The maximum Gasteiger partial charge on any atom is 0.179 e. The number of hydrogen-bond donors (Lipinski definition) is 2. The Bertz CT molecular complexity index is 627. The van der Waals surface area contributed by atoms with Gasteiger partial charge in [0, 0.05) is 11.6 Å². The molecule has 3 nitrogen and oxygen atoms in total. The van der Waals surface area contributed by atoms with Crippen LogP contribution in [0.25, 0.3) is 0 Å². The van der Waals surface area contributed by atoms with E-state index in [0.29, 0.717) is 6.42 Å². The van der Waals surface area contributed by atoms with Gasteiger partial charge < -0.3 is 10.4 Å². The summed E-state index contributed by atoms with van der Waals surface area (Å²) in [6.07, 6.45) is 3.04. The Morgan fingerprint density at radius 1 is 1.04 bits per heavy atom. The molecule has 23 heavy (non-hydrogen) atoms. The predicted molar refractivity (Wildman–Crippen MR) is 91.4 cm³/mol. The predicted octanol–water partition coefficient (Wildman–Crippen LogP) is 3.50. The molecule has 0 bridgehead atoms. The normalized spacial score (nSPS) is 22.5. The molecule has 0 unspecified atom stereocenters. The third-order valence-corrected chi connectivity index (χ3v) is 4.55. The van der Waals surface area contributed by atoms with E-state index in [2.05, 4.69) is 5.32 Å². The van der Waals surface area contributed by atoms with Crippen LogP contribution in [0.4, 0.5) is 0 Å². The molecule has 1 heterocycles. The maximum absolute atomic E-state index is 12.6. The van der Waals surface area contributed by atoms with Gasteiger partial charge in [-0.05, 0) is 31.2 Å². The van der Waals surface area contributed by atoms with Crippen LogP contribution < -0.4 is 5.32 Å². The molecule has 3 rings (SSSR count). The maximum atomic E-state index is 12.6. The zero-order valence-corrected chi connectivity index (χ0v) is 13.2. The van der Waals surface area contributed by atoms with E-state index < -0.39 is 6.10 Å². The van der Waals surface area contributed by atoms with Gasteiger partial charge in [-0.15, -0.1) is 0 Å². The number of carbonyl (C=O) groups excluding carboxylic acids is 1. The molecule has 2 N–H and O–H groups in total. The van der Waals surface area contributed by atoms with Gasteiger partial charge in [0.25, 0.3) is 0 Å². The Kier molecular flexibility index (Phi) is 5.21. The minimum atomic E-state index is -0.487. The van der Waals surface area contributed by atoms with Crippen molar-refractivity contribution in [3.8, 4) is 0 Å². The number of piperidine rings is 1. The van der Waals surface area contributed by atoms with E-state index in [0.717, 1.165) is 30.4 Å². The van der Waals surface area contributed by atoms with E-state index in [-0.39, 0.29) is 17.9 Å². The highest BCUT2D eigenvalue weighted by molar-refractivity contribution is 6.00. The van der Waals surface area contributed by atoms with Crippen LogP contribution in [0.1, 0.15) is 47.7 Å². The lowest BCUT2D eigenvalue weighted by Crippen LogP contribution is -2.47. The zero-order valence-electron chi connectivity index (χ0n) is 13.2. The highest BCUT2D eigenvalue weighted by Gasteiger charge is 2.28. The van der Waals surface area contributed by atoms with Crippen LogP contribution in [-0.2, 0) is 0 Å². The largest absolute Gasteiger partial charge is 0.388 e. The summed E-state index contributed by atoms with van der Waals surface area (Å²) in [7, 11) is 0. The summed E-state index contributed by atoms with van der Waals surface area (Å²) < 4.78 is 0. The SMILES string of the molecule is O=C(c1ccccc1)[C@H]1CCC[C@H](C[C@H](O)c2ccccc2)N1. The molecule has 3 heteroatoms. The topological polar surface area (TPSA) is 49.3 Å². The summed E-state index contributed by atoms with van der Waals surface area (Å²) in [6, 6.07) is 19.2. The molecule has 0 saturated carbocycles. The van der Waals surface area contributed by atoms with Crippen molar-refractivity contribution < 1.29 is 9.90 Å². The van der Waals surface area contributed by atoms with Crippen molar-refractivity contribution in [3.63, 3.8) is 0 Å². The van der Waals surface area contributed by atoms with E-state index in [1.165, 1.54) is 0 Å². The summed E-state index contributed by atoms with van der Waals surface area (Å²) in [5, 5.41) is 13.8. The van der Waals surface area contributed by atoms with Crippen molar-refractivity contribution in [1.82, 2.24) is 5.32 Å². The average Bonchev–Trinajstić information content (AvgIpc) is 2.63. The molecule has 1 saturated heterocycles. The summed E-state index contributed by atoms with van der Waals surface area (Å²) in [5.74, 6) is 0.157. The molecule has 2 aromatic carbocycles. The van der Waals surface area contributed by atoms with E-state index in [1.807, 2.05) is 60.7 Å². The lowest BCUT2D eigenvalue weighted by molar-refractivity contribution is 0.0882. The van der Waals surface area contributed by atoms with Crippen molar-refractivity contribution in [3.05, 3.63) is 71.8 Å². The molecule has 120 valence electrons. The zero-order chi connectivity index (χ0) is 16.1. The number of nitrogens with one attached hydrogen (secondary N) is 1. The average molecular weight is 309 g/mol. The molecular weight excluding hydrogens is 286 g/mol. The Labute approximate surface area is 137 Å². The van der Waals surface area contributed by atoms with Gasteiger partial charge in [0.05, 0.1) is 12.1 Å². The van der Waals surface area contributed by atoms with Crippen LogP contribution in [-0.4, -0.2) is 23.0 Å². The van der Waals surface area contributed by atoms with Gasteiger partial charge in [-0.1, -0.05) is 60.7 Å². The molecule has 2 aromatic rings. The first kappa shape index (κ1) is 15.9. The summed E-state index contributed by atoms with van der Waals surface area (Å²) in [6.45, 7) is 0. The molecule has 0 spiro atoms. The smallest absolute Gasteiger partial charge is 0.179 e. The highest BCUT2D eigenvalue weighted by Crippen LogP contribution is 2.24. The monoisotopic (exact) mass is 309 g/mol. The molecule has 0 aliphatic carbocycles. The highest BCUT2D eigenvalue weighted by atomic mass is 16.3. The van der Waals surface area contributed by atoms with Crippen molar-refractivity contribution in [2.45, 2.75) is 43.9 Å². The van der Waals surface area contributed by atoms with E-state index >= 15 is 0 Å². The molecule has 0 radical (unpaired) electrons. The molecule has 1 fully saturated rings. The fraction of sp³-hybridized carbons (Fsp3) is 0.350. The number of aliphatic hydroxyl groups excluding tert-OH is 1. The number of ketones is 1. The Hall–Kier alpha value is -1.97. The van der Waals surface area contributed by atoms with Crippen LogP contribution >= 0.6 is 0 Å². The van der Waals surface area contributed by atoms with Gasteiger partial charge >= 0.3 is 0 Å². The van der Waals surface area contributed by atoms with Crippen LogP contribution in [0.15, 0.2) is 60.7 Å². The lowest BCUT2D eigenvalue weighted by Gasteiger charge is -2.31. The number of rotatable bonds is 5. The van der Waals surface area contributed by atoms with Crippen molar-refractivity contribution in [2.75, 3.05) is 0 Å². The van der Waals surface area contributed by atoms with E-state index in [9.17, 15) is 9.90 Å². The first-order valence-electron chi connectivity index (χ1n) is 8.32. The quantitative estimate of drug-likeness (QED) is 0.831. The van der Waals surface area contributed by atoms with E-state index in [1.54, 1.807) is 0 Å². The van der Waals surface area contributed by atoms with E-state index in [4.69, 9.17) is 0 Å². The fourth-order valence-corrected chi connectivity index (χ4v) is 3.30. The van der Waals surface area contributed by atoms with Crippen molar-refractivity contribution in [2.24, 2.45) is 0 Å². The third kappa shape index (κ3) is 4.06. The Morgan fingerprint density at radius 2 is 1.70 bits per heavy atom. The molecule has 0 aromatic heterocycles. The first-order valence-corrected chi connectivity index (χ1v) is 8.32. The number of benzene rings is 2. The van der Waals surface area contributed by atoms with Gasteiger partial charge in [-0.2, -0.15) is 0 Å². The summed E-state index contributed by atoms with van der Waals surface area (Å²) in [4.78, 5) is 12.6. The van der Waals surface area contributed by atoms with Gasteiger partial charge in [0.2, 0.25) is 0 Å².